The number of hydrogen-bond donors (Lipinski definition) is 2. The number of aromatic nitrogens is 1. The number of amides is 2. The Kier molecular flexibility index (Phi) is 8.26. The summed E-state index contributed by atoms with van der Waals surface area (Å²) in [7, 11) is 0. The summed E-state index contributed by atoms with van der Waals surface area (Å²) in [4.78, 5) is 33.7. The summed E-state index contributed by atoms with van der Waals surface area (Å²) in [5.41, 5.74) is 1.83. The molecule has 0 aliphatic carbocycles. The second-order valence-electron chi connectivity index (χ2n) is 10.2. The molecule has 1 atom stereocenters. The molecule has 4 rings (SSSR count). The maximum atomic E-state index is 13.2. The van der Waals surface area contributed by atoms with Crippen LogP contribution >= 0.6 is 0 Å². The molecule has 196 valence electrons. The van der Waals surface area contributed by atoms with Gasteiger partial charge in [-0.1, -0.05) is 0 Å². The van der Waals surface area contributed by atoms with Crippen molar-refractivity contribution in [3.63, 3.8) is 0 Å². The summed E-state index contributed by atoms with van der Waals surface area (Å²) in [6.45, 7) is 9.29. The topological polar surface area (TPSA) is 120 Å². The molecule has 2 N–H and O–H groups in total. The number of ether oxygens (including phenoxy) is 2. The van der Waals surface area contributed by atoms with Crippen LogP contribution in [0.15, 0.2) is 36.5 Å². The summed E-state index contributed by atoms with van der Waals surface area (Å²) in [6, 6.07) is 10.8. The van der Waals surface area contributed by atoms with Crippen molar-refractivity contribution < 1.29 is 19.1 Å². The average Bonchev–Trinajstić information content (AvgIpc) is 2.89. The number of nitrogens with zero attached hydrogens (tertiary/aromatic N) is 4. The molecule has 2 aromatic rings. The van der Waals surface area contributed by atoms with Gasteiger partial charge in [-0.15, -0.1) is 0 Å². The highest BCUT2D eigenvalue weighted by Crippen LogP contribution is 2.29. The number of nitrogens with one attached hydrogen (secondary N) is 2. The largest absolute Gasteiger partial charge is 0.443 e. The van der Waals surface area contributed by atoms with Crippen molar-refractivity contribution >= 4 is 29.1 Å². The first-order valence-electron chi connectivity index (χ1n) is 12.6. The van der Waals surface area contributed by atoms with Crippen LogP contribution in [0.2, 0.25) is 0 Å². The molecule has 0 spiro atoms. The van der Waals surface area contributed by atoms with Crippen LogP contribution in [0.3, 0.4) is 0 Å². The Labute approximate surface area is 217 Å². The van der Waals surface area contributed by atoms with Crippen LogP contribution in [0.4, 0.5) is 21.9 Å². The number of hydrogen-bond acceptors (Lipinski definition) is 8. The summed E-state index contributed by atoms with van der Waals surface area (Å²) in [6.07, 6.45) is 2.85. The van der Waals surface area contributed by atoms with Gasteiger partial charge in [-0.25, -0.2) is 9.78 Å². The lowest BCUT2D eigenvalue weighted by atomic mass is 10.1. The monoisotopic (exact) mass is 506 g/mol. The molecule has 10 heteroatoms. The average molecular weight is 507 g/mol. The smallest absolute Gasteiger partial charge is 0.415 e. The van der Waals surface area contributed by atoms with Crippen LogP contribution in [0, 0.1) is 11.3 Å². The summed E-state index contributed by atoms with van der Waals surface area (Å²) < 4.78 is 11.0. The van der Waals surface area contributed by atoms with Gasteiger partial charge in [0.2, 0.25) is 0 Å². The number of nitriles is 1. The Hall–Kier alpha value is -3.68. The molecule has 2 aliphatic rings. The van der Waals surface area contributed by atoms with E-state index in [-0.39, 0.29) is 17.6 Å². The third kappa shape index (κ3) is 6.76. The molecule has 2 amide bonds. The minimum atomic E-state index is -0.654. The fourth-order valence-electron chi connectivity index (χ4n) is 4.40. The first kappa shape index (κ1) is 26.4. The maximum absolute atomic E-state index is 13.2. The van der Waals surface area contributed by atoms with E-state index in [1.165, 1.54) is 6.20 Å². The zero-order chi connectivity index (χ0) is 26.4. The van der Waals surface area contributed by atoms with E-state index in [0.717, 1.165) is 19.4 Å². The van der Waals surface area contributed by atoms with Crippen molar-refractivity contribution in [1.82, 2.24) is 15.2 Å². The van der Waals surface area contributed by atoms with Crippen LogP contribution in [0.1, 0.15) is 49.7 Å². The zero-order valence-electron chi connectivity index (χ0n) is 21.6. The quantitative estimate of drug-likeness (QED) is 0.631. The number of benzene rings is 1. The van der Waals surface area contributed by atoms with Crippen molar-refractivity contribution in [1.29, 1.82) is 5.26 Å². The van der Waals surface area contributed by atoms with E-state index in [4.69, 9.17) is 9.47 Å². The lowest BCUT2D eigenvalue weighted by molar-refractivity contribution is 0.0303. The molecule has 0 unspecified atom stereocenters. The Morgan fingerprint density at radius 2 is 1.97 bits per heavy atom. The van der Waals surface area contributed by atoms with Gasteiger partial charge in [0, 0.05) is 30.9 Å². The van der Waals surface area contributed by atoms with Crippen LogP contribution < -0.4 is 15.5 Å². The summed E-state index contributed by atoms with van der Waals surface area (Å²) >= 11 is 0. The molecule has 0 saturated carbocycles. The second-order valence-corrected chi connectivity index (χ2v) is 10.2. The van der Waals surface area contributed by atoms with Gasteiger partial charge in [0.1, 0.15) is 11.7 Å². The van der Waals surface area contributed by atoms with Crippen molar-refractivity contribution in [2.24, 2.45) is 0 Å². The van der Waals surface area contributed by atoms with Gasteiger partial charge in [-0.2, -0.15) is 5.26 Å². The molecule has 2 saturated heterocycles. The summed E-state index contributed by atoms with van der Waals surface area (Å²) in [5, 5.41) is 16.2. The van der Waals surface area contributed by atoms with Gasteiger partial charge in [-0.3, -0.25) is 9.69 Å². The summed E-state index contributed by atoms with van der Waals surface area (Å²) in [5.74, 6) is -0.0367. The van der Waals surface area contributed by atoms with Gasteiger partial charge in [0.05, 0.1) is 36.8 Å². The minimum absolute atomic E-state index is 0.0367. The normalized spacial score (nSPS) is 18.0. The number of carbonyl (C=O) groups is 2. The molecule has 1 aromatic carbocycles. The Bertz CT molecular complexity index is 1140. The standard InChI is InChI=1S/C27H34N6O4/c1-27(2,3)37-26(35)33(21-5-4-10-29-17-21)22-15-23(24(16-28)30-18-22)31-20-8-6-19(7-9-20)25(34)32-11-13-36-14-12-32/h6-9,15,18,21,29,31H,4-5,10-14,17H2,1-3H3/t21-/m1/s1. The van der Waals surface area contributed by atoms with E-state index in [9.17, 15) is 14.9 Å². The van der Waals surface area contributed by atoms with Gasteiger partial charge in [0.15, 0.2) is 5.69 Å². The fourth-order valence-corrected chi connectivity index (χ4v) is 4.40. The van der Waals surface area contributed by atoms with Crippen molar-refractivity contribution in [2.45, 2.75) is 45.3 Å². The van der Waals surface area contributed by atoms with E-state index < -0.39 is 11.7 Å². The molecule has 1 aromatic heterocycles. The van der Waals surface area contributed by atoms with Crippen LogP contribution in [0.25, 0.3) is 0 Å². The van der Waals surface area contributed by atoms with Gasteiger partial charge < -0.3 is 25.0 Å². The molecular weight excluding hydrogens is 472 g/mol. The number of carbonyl (C=O) groups excluding carboxylic acids is 2. The van der Waals surface area contributed by atoms with Crippen LogP contribution in [0.5, 0.6) is 0 Å². The molecule has 3 heterocycles. The van der Waals surface area contributed by atoms with Crippen molar-refractivity contribution in [3.05, 3.63) is 47.8 Å². The molecule has 10 nitrogen and oxygen atoms in total. The minimum Gasteiger partial charge on any atom is -0.443 e. The van der Waals surface area contributed by atoms with Gasteiger partial charge in [-0.05, 0) is 70.5 Å². The van der Waals surface area contributed by atoms with Crippen LogP contribution in [-0.4, -0.2) is 72.9 Å². The highest BCUT2D eigenvalue weighted by molar-refractivity contribution is 5.95. The van der Waals surface area contributed by atoms with E-state index in [0.29, 0.717) is 55.5 Å². The number of pyridine rings is 1. The Balaban J connectivity index is 1.57. The molecule has 2 aliphatic heterocycles. The van der Waals surface area contributed by atoms with Gasteiger partial charge >= 0.3 is 6.09 Å². The SMILES string of the molecule is CC(C)(C)OC(=O)N(c1cnc(C#N)c(Nc2ccc(C(=O)N3CCOCC3)cc2)c1)[C@@H]1CCCNC1. The highest BCUT2D eigenvalue weighted by Gasteiger charge is 2.31. The maximum Gasteiger partial charge on any atom is 0.415 e. The lowest BCUT2D eigenvalue weighted by Crippen LogP contribution is -2.50. The zero-order valence-corrected chi connectivity index (χ0v) is 21.6. The number of anilines is 3. The second kappa shape index (κ2) is 11.6. The van der Waals surface area contributed by atoms with Crippen molar-refractivity contribution in [2.75, 3.05) is 49.6 Å². The number of rotatable bonds is 5. The van der Waals surface area contributed by atoms with E-state index in [1.807, 2.05) is 20.8 Å². The van der Waals surface area contributed by atoms with Gasteiger partial charge in [0.25, 0.3) is 5.91 Å². The first-order valence-corrected chi connectivity index (χ1v) is 12.6. The number of piperidine rings is 1. The van der Waals surface area contributed by atoms with E-state index in [2.05, 4.69) is 21.7 Å². The lowest BCUT2D eigenvalue weighted by Gasteiger charge is -2.35. The Morgan fingerprint density at radius 3 is 2.59 bits per heavy atom. The van der Waals surface area contributed by atoms with Crippen LogP contribution in [-0.2, 0) is 9.47 Å². The molecule has 37 heavy (non-hydrogen) atoms. The highest BCUT2D eigenvalue weighted by atomic mass is 16.6. The van der Waals surface area contributed by atoms with E-state index >= 15 is 0 Å². The fraction of sp³-hybridized carbons (Fsp3) is 0.481. The molecule has 2 fully saturated rings. The number of morpholine rings is 1. The van der Waals surface area contributed by atoms with Crippen molar-refractivity contribution in [3.8, 4) is 6.07 Å². The molecule has 0 bridgehead atoms. The first-order chi connectivity index (χ1) is 17.7. The third-order valence-corrected chi connectivity index (χ3v) is 6.19. The Morgan fingerprint density at radius 1 is 1.24 bits per heavy atom. The predicted molar refractivity (Wildman–Crippen MR) is 140 cm³/mol. The molecular formula is C27H34N6O4. The predicted octanol–water partition coefficient (Wildman–Crippen LogP) is 3.66. The van der Waals surface area contributed by atoms with E-state index in [1.54, 1.807) is 40.1 Å². The third-order valence-electron chi connectivity index (χ3n) is 6.19. The molecule has 0 radical (unpaired) electrons.